The molecule has 2 aromatic carbocycles. The highest BCUT2D eigenvalue weighted by Crippen LogP contribution is 2.40. The maximum atomic E-state index is 14.0. The lowest BCUT2D eigenvalue weighted by atomic mass is 9.93. The van der Waals surface area contributed by atoms with Crippen molar-refractivity contribution >= 4 is 16.7 Å². The molecule has 1 fully saturated rings. The Kier molecular flexibility index (Phi) is 6.19. The Labute approximate surface area is 186 Å². The summed E-state index contributed by atoms with van der Waals surface area (Å²) in [5, 5.41) is 32.4. The first-order valence-electron chi connectivity index (χ1n) is 10.2. The van der Waals surface area contributed by atoms with E-state index in [1.54, 1.807) is 13.0 Å². The van der Waals surface area contributed by atoms with E-state index in [2.05, 4.69) is 5.32 Å². The van der Waals surface area contributed by atoms with Gasteiger partial charge in [0.2, 0.25) is 0 Å². The van der Waals surface area contributed by atoms with Crippen molar-refractivity contribution in [1.82, 2.24) is 0 Å². The minimum absolute atomic E-state index is 0.0893. The van der Waals surface area contributed by atoms with Gasteiger partial charge in [-0.15, -0.1) is 0 Å². The molecule has 1 aliphatic heterocycles. The van der Waals surface area contributed by atoms with Gasteiger partial charge >= 0.3 is 11.8 Å². The molecule has 0 bridgehead atoms. The molecule has 1 aliphatic rings. The number of halogens is 3. The van der Waals surface area contributed by atoms with E-state index in [1.807, 2.05) is 0 Å². The zero-order valence-electron chi connectivity index (χ0n) is 17.4. The monoisotopic (exact) mass is 465 g/mol. The lowest BCUT2D eigenvalue weighted by molar-refractivity contribution is -0.180. The topological polar surface area (TPSA) is 112 Å². The van der Waals surface area contributed by atoms with Crippen LogP contribution in [-0.2, 0) is 10.9 Å². The third-order valence-electron chi connectivity index (χ3n) is 5.76. The quantitative estimate of drug-likeness (QED) is 0.439. The normalized spacial score (nSPS) is 25.8. The van der Waals surface area contributed by atoms with E-state index in [0.717, 1.165) is 0 Å². The van der Waals surface area contributed by atoms with Gasteiger partial charge in [-0.3, -0.25) is 0 Å². The van der Waals surface area contributed by atoms with E-state index >= 15 is 0 Å². The first kappa shape index (κ1) is 23.2. The van der Waals surface area contributed by atoms with Crippen LogP contribution in [0.3, 0.4) is 0 Å². The van der Waals surface area contributed by atoms with Gasteiger partial charge < -0.3 is 29.8 Å². The second-order valence-corrected chi connectivity index (χ2v) is 7.93. The zero-order valence-corrected chi connectivity index (χ0v) is 17.4. The molecule has 1 saturated heterocycles. The number of ether oxygens (including phenoxy) is 1. The molecule has 0 saturated carbocycles. The largest absolute Gasteiger partial charge is 0.422 e. The van der Waals surface area contributed by atoms with Crippen molar-refractivity contribution in [1.29, 1.82) is 0 Å². The van der Waals surface area contributed by atoms with Crippen LogP contribution in [0.25, 0.3) is 22.1 Å². The summed E-state index contributed by atoms with van der Waals surface area (Å²) in [4.78, 5) is 12.6. The van der Waals surface area contributed by atoms with E-state index in [-0.39, 0.29) is 22.2 Å². The standard InChI is InChI=1S/C23H22F3NO6/c1-11-19(21(30)20(29)16(10-28)32-11)27-13-7-8-14-15(9-13)33-22(31)17(18(14)23(24,25)26)12-5-3-2-4-6-12/h2-9,11,16,19-21,27-30H,10H2,1H3. The number of rotatable bonds is 4. The number of alkyl halides is 3. The Morgan fingerprint density at radius 2 is 1.76 bits per heavy atom. The summed E-state index contributed by atoms with van der Waals surface area (Å²) in [6, 6.07) is 10.4. The van der Waals surface area contributed by atoms with E-state index in [4.69, 9.17) is 9.15 Å². The third kappa shape index (κ3) is 4.34. The van der Waals surface area contributed by atoms with Crippen LogP contribution in [-0.4, -0.2) is 52.4 Å². The van der Waals surface area contributed by atoms with Gasteiger partial charge in [0.05, 0.1) is 29.9 Å². The molecular formula is C23H22F3NO6. The van der Waals surface area contributed by atoms with Gasteiger partial charge in [0.15, 0.2) is 0 Å². The van der Waals surface area contributed by atoms with Gasteiger partial charge in [0.25, 0.3) is 0 Å². The Bertz CT molecular complexity index is 1200. The lowest BCUT2D eigenvalue weighted by Crippen LogP contribution is -2.60. The Morgan fingerprint density at radius 3 is 2.39 bits per heavy atom. The third-order valence-corrected chi connectivity index (χ3v) is 5.76. The molecule has 0 aliphatic carbocycles. The highest BCUT2D eigenvalue weighted by Gasteiger charge is 2.42. The maximum absolute atomic E-state index is 14.0. The van der Waals surface area contributed by atoms with Crippen LogP contribution in [0, 0.1) is 0 Å². The van der Waals surface area contributed by atoms with Gasteiger partial charge in [0, 0.05) is 17.1 Å². The minimum atomic E-state index is -4.82. The fourth-order valence-electron chi connectivity index (χ4n) is 4.15. The summed E-state index contributed by atoms with van der Waals surface area (Å²) < 4.78 is 52.9. The molecule has 0 radical (unpaired) electrons. The van der Waals surface area contributed by atoms with Crippen molar-refractivity contribution < 1.29 is 37.6 Å². The number of aliphatic hydroxyl groups excluding tert-OH is 3. The van der Waals surface area contributed by atoms with Crippen LogP contribution in [0.15, 0.2) is 57.7 Å². The summed E-state index contributed by atoms with van der Waals surface area (Å²) in [6.45, 7) is 1.13. The molecule has 0 spiro atoms. The van der Waals surface area contributed by atoms with E-state index < -0.39 is 60.0 Å². The molecule has 176 valence electrons. The number of aliphatic hydroxyl groups is 3. The van der Waals surface area contributed by atoms with Crippen molar-refractivity contribution in [2.75, 3.05) is 11.9 Å². The second-order valence-electron chi connectivity index (χ2n) is 7.93. The summed E-state index contributed by atoms with van der Waals surface area (Å²) in [5.41, 5.74) is -2.74. The summed E-state index contributed by atoms with van der Waals surface area (Å²) in [7, 11) is 0. The van der Waals surface area contributed by atoms with E-state index in [0.29, 0.717) is 0 Å². The average molecular weight is 465 g/mol. The van der Waals surface area contributed by atoms with Crippen LogP contribution in [0.4, 0.5) is 18.9 Å². The first-order valence-corrected chi connectivity index (χ1v) is 10.2. The highest BCUT2D eigenvalue weighted by molar-refractivity contribution is 5.89. The minimum Gasteiger partial charge on any atom is -0.422 e. The number of hydrogen-bond donors (Lipinski definition) is 4. The van der Waals surface area contributed by atoms with Gasteiger partial charge in [-0.1, -0.05) is 30.3 Å². The number of nitrogens with one attached hydrogen (secondary N) is 1. The fraction of sp³-hybridized carbons (Fsp3) is 0.348. The molecule has 2 heterocycles. The molecule has 5 atom stereocenters. The molecule has 5 unspecified atom stereocenters. The smallest absolute Gasteiger partial charge is 0.417 e. The molecule has 3 aromatic rings. The van der Waals surface area contributed by atoms with Crippen LogP contribution in [0.1, 0.15) is 12.5 Å². The predicted octanol–water partition coefficient (Wildman–Crippen LogP) is 2.76. The maximum Gasteiger partial charge on any atom is 0.417 e. The van der Waals surface area contributed by atoms with Crippen LogP contribution in [0.5, 0.6) is 0 Å². The highest BCUT2D eigenvalue weighted by atomic mass is 19.4. The van der Waals surface area contributed by atoms with Gasteiger partial charge in [-0.05, 0) is 24.6 Å². The lowest BCUT2D eigenvalue weighted by Gasteiger charge is -2.41. The summed E-state index contributed by atoms with van der Waals surface area (Å²) in [5.74, 6) is 0. The average Bonchev–Trinajstić information content (AvgIpc) is 2.78. The Hall–Kier alpha value is -2.92. The number of fused-ring (bicyclic) bond motifs is 1. The SMILES string of the molecule is CC1OC(CO)C(O)C(O)C1Nc1ccc2c(C(F)(F)F)c(-c3ccccc3)c(=O)oc2c1. The summed E-state index contributed by atoms with van der Waals surface area (Å²) >= 11 is 0. The number of hydrogen-bond acceptors (Lipinski definition) is 7. The molecule has 33 heavy (non-hydrogen) atoms. The van der Waals surface area contributed by atoms with Crippen molar-refractivity contribution in [3.8, 4) is 11.1 Å². The molecular weight excluding hydrogens is 443 g/mol. The van der Waals surface area contributed by atoms with E-state index in [1.165, 1.54) is 42.5 Å². The van der Waals surface area contributed by atoms with Crippen LogP contribution < -0.4 is 10.9 Å². The van der Waals surface area contributed by atoms with Crippen LogP contribution >= 0.6 is 0 Å². The van der Waals surface area contributed by atoms with Gasteiger partial charge in [-0.25, -0.2) is 4.79 Å². The van der Waals surface area contributed by atoms with Gasteiger partial charge in [0.1, 0.15) is 23.9 Å². The Balaban J connectivity index is 1.77. The fourth-order valence-corrected chi connectivity index (χ4v) is 4.15. The number of anilines is 1. The van der Waals surface area contributed by atoms with Crippen molar-refractivity contribution in [2.45, 2.75) is 43.6 Å². The van der Waals surface area contributed by atoms with Crippen molar-refractivity contribution in [2.24, 2.45) is 0 Å². The molecule has 4 rings (SSSR count). The van der Waals surface area contributed by atoms with Crippen molar-refractivity contribution in [3.63, 3.8) is 0 Å². The molecule has 1 aromatic heterocycles. The predicted molar refractivity (Wildman–Crippen MR) is 114 cm³/mol. The van der Waals surface area contributed by atoms with Gasteiger partial charge in [-0.2, -0.15) is 13.2 Å². The molecule has 7 nitrogen and oxygen atoms in total. The summed E-state index contributed by atoms with van der Waals surface area (Å²) in [6.07, 6.45) is -9.12. The van der Waals surface area contributed by atoms with Crippen LogP contribution in [0.2, 0.25) is 0 Å². The molecule has 10 heteroatoms. The molecule has 0 amide bonds. The first-order chi connectivity index (χ1) is 15.6. The number of benzene rings is 2. The van der Waals surface area contributed by atoms with E-state index in [9.17, 15) is 33.3 Å². The Morgan fingerprint density at radius 1 is 1.06 bits per heavy atom. The zero-order chi connectivity index (χ0) is 23.9. The molecule has 4 N–H and O–H groups in total. The second kappa shape index (κ2) is 8.79. The van der Waals surface area contributed by atoms with Crippen molar-refractivity contribution in [3.05, 3.63) is 64.5 Å².